The summed E-state index contributed by atoms with van der Waals surface area (Å²) in [5.41, 5.74) is 1.42. The molecule has 34 heavy (non-hydrogen) atoms. The zero-order valence-corrected chi connectivity index (χ0v) is 20.9. The van der Waals surface area contributed by atoms with Crippen LogP contribution in [0.3, 0.4) is 0 Å². The van der Waals surface area contributed by atoms with Crippen LogP contribution in [-0.2, 0) is 11.4 Å². The molecule has 1 aromatic carbocycles. The van der Waals surface area contributed by atoms with Gasteiger partial charge in [0.25, 0.3) is 4.92 Å². The van der Waals surface area contributed by atoms with Crippen molar-refractivity contribution in [3.8, 4) is 5.75 Å². The highest BCUT2D eigenvalue weighted by atomic mass is 16.8. The van der Waals surface area contributed by atoms with Gasteiger partial charge >= 0.3 is 5.69 Å². The van der Waals surface area contributed by atoms with Crippen LogP contribution >= 0.6 is 0 Å². The van der Waals surface area contributed by atoms with Gasteiger partial charge in [-0.25, -0.2) is 9.82 Å². The normalized spacial score (nSPS) is 18.4. The summed E-state index contributed by atoms with van der Waals surface area (Å²) in [6, 6.07) is 5.69. The van der Waals surface area contributed by atoms with Crippen molar-refractivity contribution in [2.45, 2.75) is 45.2 Å². The maximum absolute atomic E-state index is 11.7. The molecule has 1 aromatic heterocycles. The van der Waals surface area contributed by atoms with E-state index in [1.165, 1.54) is 7.11 Å². The molecule has 184 valence electrons. The second-order valence-electron chi connectivity index (χ2n) is 8.84. The number of benzene rings is 1. The fourth-order valence-corrected chi connectivity index (χ4v) is 4.41. The molecule has 1 saturated carbocycles. The van der Waals surface area contributed by atoms with Gasteiger partial charge in [0.15, 0.2) is 7.11 Å². The summed E-state index contributed by atoms with van der Waals surface area (Å²) in [6.07, 6.45) is 6.43. The molecule has 0 spiro atoms. The first kappa shape index (κ1) is 25.4. The number of hydrogen-bond acceptors (Lipinski definition) is 8. The minimum absolute atomic E-state index is 0.366. The number of anilines is 2. The molecule has 9 heteroatoms. The summed E-state index contributed by atoms with van der Waals surface area (Å²) in [6.45, 7) is 7.70. The molecule has 2 aromatic rings. The maximum Gasteiger partial charge on any atom is 0.320 e. The van der Waals surface area contributed by atoms with Crippen LogP contribution < -0.4 is 30.8 Å². The maximum atomic E-state index is 11.7. The summed E-state index contributed by atoms with van der Waals surface area (Å²) >= 11 is 0. The Hall–Kier alpha value is -3.20. The largest absolute Gasteiger partial charge is 0.496 e. The zero-order chi connectivity index (χ0) is 24.7. The predicted octanol–water partition coefficient (Wildman–Crippen LogP) is 2.49. The third kappa shape index (κ3) is 6.22. The third-order valence-electron chi connectivity index (χ3n) is 6.29. The van der Waals surface area contributed by atoms with Crippen molar-refractivity contribution >= 4 is 30.1 Å². The summed E-state index contributed by atoms with van der Waals surface area (Å²) in [7, 11) is 6.92. The molecule has 0 amide bonds. The molecule has 0 atom stereocenters. The van der Waals surface area contributed by atoms with Crippen molar-refractivity contribution in [3.05, 3.63) is 39.2 Å². The highest BCUT2D eigenvalue weighted by Crippen LogP contribution is 2.27. The SMILES string of the molecule is C=c1nc(NC2CCC(CNCc3ccc([N+](=O)OC)cc3OC)CC2)nc(N(C)C)/c1=C/C. The molecule has 1 aliphatic carbocycles. The van der Waals surface area contributed by atoms with Gasteiger partial charge in [0, 0.05) is 43.5 Å². The molecule has 3 rings (SSSR count). The molecule has 0 saturated heterocycles. The van der Waals surface area contributed by atoms with Crippen LogP contribution in [0, 0.1) is 10.8 Å². The minimum Gasteiger partial charge on any atom is -0.496 e. The Kier molecular flexibility index (Phi) is 8.81. The Bertz CT molecular complexity index is 1100. The molecule has 1 fully saturated rings. The first-order valence-corrected chi connectivity index (χ1v) is 11.7. The van der Waals surface area contributed by atoms with E-state index in [1.807, 2.05) is 38.1 Å². The molecule has 1 heterocycles. The smallest absolute Gasteiger partial charge is 0.320 e. The van der Waals surface area contributed by atoms with Gasteiger partial charge in [-0.05, 0) is 51.1 Å². The van der Waals surface area contributed by atoms with Gasteiger partial charge in [-0.2, -0.15) is 4.98 Å². The average molecular weight is 470 g/mol. The summed E-state index contributed by atoms with van der Waals surface area (Å²) < 4.78 is 5.45. The van der Waals surface area contributed by atoms with E-state index in [1.54, 1.807) is 19.2 Å². The van der Waals surface area contributed by atoms with Crippen LogP contribution in [0.2, 0.25) is 0 Å². The second-order valence-corrected chi connectivity index (χ2v) is 8.84. The van der Waals surface area contributed by atoms with Crippen LogP contribution in [0.1, 0.15) is 38.2 Å². The number of aromatic nitrogens is 2. The van der Waals surface area contributed by atoms with E-state index >= 15 is 0 Å². The van der Waals surface area contributed by atoms with Crippen LogP contribution in [0.25, 0.3) is 12.7 Å². The van der Waals surface area contributed by atoms with Crippen molar-refractivity contribution in [1.82, 2.24) is 15.3 Å². The van der Waals surface area contributed by atoms with Gasteiger partial charge in [-0.15, -0.1) is 0 Å². The summed E-state index contributed by atoms with van der Waals surface area (Å²) in [5.74, 6) is 2.83. The van der Waals surface area contributed by atoms with Crippen LogP contribution in [-0.4, -0.2) is 55.8 Å². The minimum atomic E-state index is 0.366. The zero-order valence-electron chi connectivity index (χ0n) is 20.9. The number of ether oxygens (including phenoxy) is 1. The second kappa shape index (κ2) is 11.8. The summed E-state index contributed by atoms with van der Waals surface area (Å²) in [4.78, 5) is 28.1. The first-order chi connectivity index (χ1) is 16.4. The number of rotatable bonds is 10. The van der Waals surface area contributed by atoms with Crippen molar-refractivity contribution in [3.63, 3.8) is 0 Å². The highest BCUT2D eigenvalue weighted by Gasteiger charge is 2.22. The van der Waals surface area contributed by atoms with E-state index in [9.17, 15) is 4.91 Å². The number of methoxy groups -OCH3 is 1. The van der Waals surface area contributed by atoms with Gasteiger partial charge < -0.3 is 20.3 Å². The van der Waals surface area contributed by atoms with Gasteiger partial charge in [0.2, 0.25) is 5.95 Å². The molecule has 2 N–H and O–H groups in total. The molecule has 1 aliphatic rings. The van der Waals surface area contributed by atoms with Crippen molar-refractivity contribution in [2.75, 3.05) is 45.1 Å². The van der Waals surface area contributed by atoms with E-state index in [4.69, 9.17) is 14.6 Å². The lowest BCUT2D eigenvalue weighted by Crippen LogP contribution is -2.37. The fraction of sp³-hybridized carbons (Fsp3) is 0.520. The van der Waals surface area contributed by atoms with E-state index in [0.717, 1.165) is 54.2 Å². The monoisotopic (exact) mass is 469 g/mol. The molecular formula is C25H37N6O3+. The molecule has 0 aliphatic heterocycles. The molecule has 0 unspecified atom stereocenters. The standard InChI is InChI=1S/C25H37N6O3/c1-7-22-17(2)27-25(29-24(22)30(3)4)28-20-11-8-18(9-12-20)15-26-16-19-10-13-21(31(32)34-6)14-23(19)33-5/h7,10,13-14,18,20,26H,2,8-9,11-12,15-16H2,1,3-6H3,(H,27,28)/q+1/b22-7+. The Morgan fingerprint density at radius 3 is 2.56 bits per heavy atom. The Morgan fingerprint density at radius 1 is 1.21 bits per heavy atom. The predicted molar refractivity (Wildman–Crippen MR) is 136 cm³/mol. The molecular weight excluding hydrogens is 432 g/mol. The van der Waals surface area contributed by atoms with E-state index in [2.05, 4.69) is 22.2 Å². The quantitative estimate of drug-likeness (QED) is 0.513. The molecule has 0 bridgehead atoms. The third-order valence-corrected chi connectivity index (χ3v) is 6.29. The lowest BCUT2D eigenvalue weighted by atomic mass is 9.86. The summed E-state index contributed by atoms with van der Waals surface area (Å²) in [5, 5.41) is 8.79. The van der Waals surface area contributed by atoms with Crippen molar-refractivity contribution in [2.24, 2.45) is 5.92 Å². The Morgan fingerprint density at radius 2 is 1.94 bits per heavy atom. The van der Waals surface area contributed by atoms with Crippen molar-refractivity contribution < 1.29 is 14.5 Å². The fourth-order valence-electron chi connectivity index (χ4n) is 4.41. The Labute approximate surface area is 201 Å². The average Bonchev–Trinajstić information content (AvgIpc) is 2.84. The highest BCUT2D eigenvalue weighted by molar-refractivity contribution is 5.47. The number of nitrogens with one attached hydrogen (secondary N) is 2. The molecule has 9 nitrogen and oxygen atoms in total. The van der Waals surface area contributed by atoms with Crippen LogP contribution in [0.5, 0.6) is 5.75 Å². The first-order valence-electron chi connectivity index (χ1n) is 11.7. The van der Waals surface area contributed by atoms with Crippen molar-refractivity contribution in [1.29, 1.82) is 0 Å². The van der Waals surface area contributed by atoms with Crippen LogP contribution in [0.15, 0.2) is 18.2 Å². The molecule has 0 radical (unpaired) electrons. The van der Waals surface area contributed by atoms with E-state index in [0.29, 0.717) is 40.8 Å². The number of hydrogen-bond donors (Lipinski definition) is 2. The Balaban J connectivity index is 1.50. The van der Waals surface area contributed by atoms with Gasteiger partial charge in [0.05, 0.1) is 23.4 Å². The van der Waals surface area contributed by atoms with Gasteiger partial charge in [-0.1, -0.05) is 12.7 Å². The lowest BCUT2D eigenvalue weighted by Gasteiger charge is -2.29. The van der Waals surface area contributed by atoms with Gasteiger partial charge in [-0.3, -0.25) is 0 Å². The lowest BCUT2D eigenvalue weighted by molar-refractivity contribution is -0.736. The topological polar surface area (TPSA) is 91.6 Å². The van der Waals surface area contributed by atoms with Gasteiger partial charge in [0.1, 0.15) is 11.6 Å². The van der Waals surface area contributed by atoms with E-state index < -0.39 is 0 Å². The van der Waals surface area contributed by atoms with Crippen LogP contribution in [0.4, 0.5) is 17.5 Å². The van der Waals surface area contributed by atoms with E-state index in [-0.39, 0.29) is 0 Å². The number of nitrogens with zero attached hydrogens (tertiary/aromatic N) is 4.